The van der Waals surface area contributed by atoms with E-state index in [1.165, 1.54) is 12.1 Å². The smallest absolute Gasteiger partial charge is 0.241 e. The van der Waals surface area contributed by atoms with Crippen molar-refractivity contribution in [3.8, 4) is 0 Å². The Morgan fingerprint density at radius 3 is 2.32 bits per heavy atom. The Labute approximate surface area is 113 Å². The minimum absolute atomic E-state index is 0.129. The second-order valence-electron chi connectivity index (χ2n) is 4.66. The molecule has 0 amide bonds. The number of benzene rings is 1. The molecule has 1 aromatic rings. The first-order valence-corrected chi connectivity index (χ1v) is 7.69. The summed E-state index contributed by atoms with van der Waals surface area (Å²) in [5.74, 6) is -0.564. The Morgan fingerprint density at radius 2 is 1.89 bits per heavy atom. The van der Waals surface area contributed by atoms with Crippen LogP contribution in [0.1, 0.15) is 32.3 Å². The summed E-state index contributed by atoms with van der Waals surface area (Å²) < 4.78 is 40.3. The van der Waals surface area contributed by atoms with Crippen LogP contribution in [-0.4, -0.2) is 25.7 Å². The van der Waals surface area contributed by atoms with Gasteiger partial charge in [-0.05, 0) is 37.5 Å². The first-order chi connectivity index (χ1) is 8.80. The van der Waals surface area contributed by atoms with Crippen LogP contribution in [0.3, 0.4) is 0 Å². The van der Waals surface area contributed by atoms with Crippen LogP contribution in [0.15, 0.2) is 23.1 Å². The average Bonchev–Trinajstić information content (AvgIpc) is 2.39. The van der Waals surface area contributed by atoms with Crippen LogP contribution in [0.25, 0.3) is 0 Å². The number of aliphatic hydroxyl groups excluding tert-OH is 1. The number of nitrogens with one attached hydrogen (secondary N) is 1. The summed E-state index contributed by atoms with van der Waals surface area (Å²) in [4.78, 5) is -0.129. The number of aliphatic hydroxyl groups is 1. The van der Waals surface area contributed by atoms with E-state index in [9.17, 15) is 17.9 Å². The summed E-state index contributed by atoms with van der Waals surface area (Å²) in [6, 6.07) is 3.77. The Hall–Kier alpha value is -0.980. The maximum atomic E-state index is 13.4. The molecule has 0 unspecified atom stereocenters. The molecule has 0 spiro atoms. The molecule has 0 bridgehead atoms. The van der Waals surface area contributed by atoms with Crippen LogP contribution in [0.2, 0.25) is 0 Å². The van der Waals surface area contributed by atoms with E-state index in [2.05, 4.69) is 4.72 Å². The van der Waals surface area contributed by atoms with E-state index in [-0.39, 0.29) is 11.5 Å². The maximum Gasteiger partial charge on any atom is 0.241 e. The van der Waals surface area contributed by atoms with Crippen LogP contribution < -0.4 is 4.72 Å². The lowest BCUT2D eigenvalue weighted by molar-refractivity contribution is 0.172. The van der Waals surface area contributed by atoms with E-state index < -0.39 is 21.4 Å². The van der Waals surface area contributed by atoms with Crippen molar-refractivity contribution >= 4 is 10.0 Å². The van der Waals surface area contributed by atoms with Gasteiger partial charge in [0.2, 0.25) is 10.0 Å². The molecular formula is C13H20FNO3S. The van der Waals surface area contributed by atoms with Gasteiger partial charge >= 0.3 is 0 Å². The van der Waals surface area contributed by atoms with Gasteiger partial charge in [-0.15, -0.1) is 0 Å². The second-order valence-corrected chi connectivity index (χ2v) is 6.34. The first kappa shape index (κ1) is 16.1. The molecule has 108 valence electrons. The number of hydrogen-bond acceptors (Lipinski definition) is 3. The lowest BCUT2D eigenvalue weighted by Gasteiger charge is -2.30. The zero-order chi connectivity index (χ0) is 14.7. The fraction of sp³-hybridized carbons (Fsp3) is 0.538. The van der Waals surface area contributed by atoms with Crippen molar-refractivity contribution in [2.45, 2.75) is 44.0 Å². The predicted molar refractivity (Wildman–Crippen MR) is 71.9 cm³/mol. The number of sulfonamides is 1. The monoisotopic (exact) mass is 289 g/mol. The summed E-state index contributed by atoms with van der Waals surface area (Å²) in [6.07, 6.45) is 0.904. The number of rotatable bonds is 6. The molecule has 0 aliphatic rings. The molecule has 2 N–H and O–H groups in total. The highest BCUT2D eigenvalue weighted by atomic mass is 32.2. The predicted octanol–water partition coefficient (Wildman–Crippen LogP) is 1.96. The van der Waals surface area contributed by atoms with Gasteiger partial charge in [-0.3, -0.25) is 0 Å². The molecule has 0 aromatic heterocycles. The van der Waals surface area contributed by atoms with E-state index in [4.69, 9.17) is 0 Å². The third-order valence-corrected chi connectivity index (χ3v) is 5.04. The van der Waals surface area contributed by atoms with Crippen molar-refractivity contribution in [1.29, 1.82) is 0 Å². The van der Waals surface area contributed by atoms with Gasteiger partial charge in [-0.2, -0.15) is 0 Å². The van der Waals surface area contributed by atoms with Crippen LogP contribution >= 0.6 is 0 Å². The molecular weight excluding hydrogens is 269 g/mol. The molecule has 0 aliphatic heterocycles. The van der Waals surface area contributed by atoms with Gasteiger partial charge in [0, 0.05) is 0 Å². The Bertz CT molecular complexity index is 531. The normalized spacial score (nSPS) is 12.7. The molecule has 4 nitrogen and oxygen atoms in total. The van der Waals surface area contributed by atoms with Gasteiger partial charge in [0.25, 0.3) is 0 Å². The Kier molecular flexibility index (Phi) is 5.06. The molecule has 1 aromatic carbocycles. The van der Waals surface area contributed by atoms with Gasteiger partial charge in [-0.25, -0.2) is 17.5 Å². The summed E-state index contributed by atoms with van der Waals surface area (Å²) in [7, 11) is -3.84. The molecule has 0 aliphatic carbocycles. The number of aryl methyl sites for hydroxylation is 1. The number of halogens is 1. The molecule has 0 saturated heterocycles. The quantitative estimate of drug-likeness (QED) is 0.841. The van der Waals surface area contributed by atoms with Gasteiger partial charge in [-0.1, -0.05) is 19.9 Å². The highest BCUT2D eigenvalue weighted by Crippen LogP contribution is 2.20. The standard InChI is InChI=1S/C13H20FNO3S/c1-4-13(5-2,9-16)15-19(17,18)11-7-6-10(3)12(14)8-11/h6-8,15-16H,4-5,9H2,1-3H3. The molecule has 0 heterocycles. The lowest BCUT2D eigenvalue weighted by Crippen LogP contribution is -2.50. The van der Waals surface area contributed by atoms with E-state index in [0.717, 1.165) is 6.07 Å². The minimum Gasteiger partial charge on any atom is -0.394 e. The van der Waals surface area contributed by atoms with Gasteiger partial charge in [0.05, 0.1) is 17.0 Å². The van der Waals surface area contributed by atoms with Crippen molar-refractivity contribution in [1.82, 2.24) is 4.72 Å². The first-order valence-electron chi connectivity index (χ1n) is 6.21. The SMILES string of the molecule is CCC(CC)(CO)NS(=O)(=O)c1ccc(C)c(F)c1. The molecule has 1 rings (SSSR count). The van der Waals surface area contributed by atoms with Crippen molar-refractivity contribution in [3.63, 3.8) is 0 Å². The third-order valence-electron chi connectivity index (χ3n) is 3.46. The highest BCUT2D eigenvalue weighted by molar-refractivity contribution is 7.89. The molecule has 0 atom stereocenters. The van der Waals surface area contributed by atoms with Crippen LogP contribution in [-0.2, 0) is 10.0 Å². The zero-order valence-corrected chi connectivity index (χ0v) is 12.2. The summed E-state index contributed by atoms with van der Waals surface area (Å²) in [5.41, 5.74) is -0.515. The van der Waals surface area contributed by atoms with Gasteiger partial charge in [0.1, 0.15) is 5.82 Å². The third kappa shape index (κ3) is 3.52. The van der Waals surface area contributed by atoms with Gasteiger partial charge in [0.15, 0.2) is 0 Å². The summed E-state index contributed by atoms with van der Waals surface area (Å²) >= 11 is 0. The van der Waals surface area contributed by atoms with Crippen LogP contribution in [0.4, 0.5) is 4.39 Å². The largest absolute Gasteiger partial charge is 0.394 e. The van der Waals surface area contributed by atoms with Crippen LogP contribution in [0.5, 0.6) is 0 Å². The van der Waals surface area contributed by atoms with E-state index in [1.807, 2.05) is 0 Å². The van der Waals surface area contributed by atoms with E-state index in [0.29, 0.717) is 18.4 Å². The lowest BCUT2D eigenvalue weighted by atomic mass is 9.96. The molecule has 19 heavy (non-hydrogen) atoms. The molecule has 0 radical (unpaired) electrons. The van der Waals surface area contributed by atoms with Gasteiger partial charge < -0.3 is 5.11 Å². The maximum absolute atomic E-state index is 13.4. The number of hydrogen-bond donors (Lipinski definition) is 2. The van der Waals surface area contributed by atoms with Crippen molar-refractivity contribution in [2.24, 2.45) is 0 Å². The average molecular weight is 289 g/mol. The van der Waals surface area contributed by atoms with Crippen molar-refractivity contribution in [2.75, 3.05) is 6.61 Å². The van der Waals surface area contributed by atoms with E-state index in [1.54, 1.807) is 20.8 Å². The van der Waals surface area contributed by atoms with Crippen molar-refractivity contribution < 1.29 is 17.9 Å². The minimum atomic E-state index is -3.84. The fourth-order valence-electron chi connectivity index (χ4n) is 1.73. The van der Waals surface area contributed by atoms with Crippen LogP contribution in [0, 0.1) is 12.7 Å². The molecule has 0 fully saturated rings. The fourth-order valence-corrected chi connectivity index (χ4v) is 3.28. The Balaban J connectivity index is 3.14. The zero-order valence-electron chi connectivity index (χ0n) is 11.4. The van der Waals surface area contributed by atoms with E-state index >= 15 is 0 Å². The Morgan fingerprint density at radius 1 is 1.32 bits per heavy atom. The highest BCUT2D eigenvalue weighted by Gasteiger charge is 2.31. The summed E-state index contributed by atoms with van der Waals surface area (Å²) in [5, 5.41) is 9.38. The van der Waals surface area contributed by atoms with Crippen molar-refractivity contribution in [3.05, 3.63) is 29.6 Å². The molecule has 0 saturated carbocycles. The topological polar surface area (TPSA) is 66.4 Å². The summed E-state index contributed by atoms with van der Waals surface area (Å²) in [6.45, 7) is 4.85. The second kappa shape index (κ2) is 5.98. The molecule has 6 heteroatoms.